The van der Waals surface area contributed by atoms with Crippen molar-refractivity contribution in [2.24, 2.45) is 11.5 Å². The summed E-state index contributed by atoms with van der Waals surface area (Å²) in [5.41, 5.74) is 22.0. The number of nitrogens with one attached hydrogen (secondary N) is 2. The number of hydrogen-bond donors (Lipinski definition) is 6. The normalized spacial score (nSPS) is 12.2. The van der Waals surface area contributed by atoms with Gasteiger partial charge in [0.05, 0.1) is 28.5 Å². The average Bonchev–Trinajstić information content (AvgIpc) is 4.05. The Morgan fingerprint density at radius 1 is 0.553 bits per heavy atom. The third-order valence-electron chi connectivity index (χ3n) is 12.7. The Bertz CT molecular complexity index is 3220. The zero-order chi connectivity index (χ0) is 54.6. The smallest absolute Gasteiger partial charge is 0.240 e. The summed E-state index contributed by atoms with van der Waals surface area (Å²) in [6, 6.07) is 39.3. The molecule has 392 valence electrons. The van der Waals surface area contributed by atoms with Gasteiger partial charge < -0.3 is 32.3 Å². The molecule has 4 amide bonds. The van der Waals surface area contributed by atoms with Crippen LogP contribution in [0.4, 0.5) is 0 Å². The molecular formula is C60H66N10O6. The molecule has 0 unspecified atom stereocenters. The first-order valence-electron chi connectivity index (χ1n) is 25.1. The van der Waals surface area contributed by atoms with Gasteiger partial charge in [0.1, 0.15) is 23.6 Å². The summed E-state index contributed by atoms with van der Waals surface area (Å²) in [7, 11) is 0. The molecule has 4 aromatic carbocycles. The first kappa shape index (κ1) is 54.8. The Kier molecular flexibility index (Phi) is 17.6. The van der Waals surface area contributed by atoms with Gasteiger partial charge in [0.15, 0.2) is 0 Å². The van der Waals surface area contributed by atoms with Crippen molar-refractivity contribution < 1.29 is 29.4 Å². The third-order valence-corrected chi connectivity index (χ3v) is 12.7. The molecule has 4 heterocycles. The topological polar surface area (TPSA) is 246 Å². The van der Waals surface area contributed by atoms with Crippen LogP contribution in [0.3, 0.4) is 0 Å². The number of phenols is 2. The number of carbonyl (C=O) groups excluding carboxylic acids is 4. The van der Waals surface area contributed by atoms with Crippen molar-refractivity contribution in [2.45, 2.75) is 103 Å². The quantitative estimate of drug-likeness (QED) is 0.0481. The van der Waals surface area contributed by atoms with E-state index in [9.17, 15) is 29.4 Å². The number of aryl methyl sites for hydroxylation is 2. The number of primary amides is 2. The second-order valence-electron chi connectivity index (χ2n) is 20.7. The van der Waals surface area contributed by atoms with Gasteiger partial charge in [-0.3, -0.25) is 29.1 Å². The number of aromatic nitrogens is 6. The predicted molar refractivity (Wildman–Crippen MR) is 294 cm³/mol. The SMILES string of the molecule is CC(C)(C)c1ccc(-n2nc(-c3cccnc3)cc2CCC(=O)N[C@@H](Cc2ccc(O)cc2)C(N)=O)cc1.CC(C)(C)c1ccc(-n2nc(CCC(=O)N[C@@H](Cc3ccc(O)cc3)C(N)=O)cc2-c2cccnc2)cc1. The monoisotopic (exact) mass is 1020 g/mol. The Morgan fingerprint density at radius 3 is 1.43 bits per heavy atom. The lowest BCUT2D eigenvalue weighted by Gasteiger charge is -2.19. The number of hydrogen-bond acceptors (Lipinski definition) is 10. The number of aromatic hydroxyl groups is 2. The molecule has 4 aromatic heterocycles. The standard InChI is InChI=1S/2C30H33N5O3/c1-30(2,3)22-8-11-24(12-9-22)35-27(21-5-4-16-32-19-21)18-23(34-35)10-15-28(37)33-26(29(31)38)17-20-6-13-25(36)14-7-20;1-30(2,3)22-8-10-23(11-9-22)35-24(18-26(34-35)21-5-4-16-32-19-21)12-15-28(37)33-27(29(31)38)17-20-6-13-25(36)14-7-20/h4-9,11-14,16,18-19,26,36H,10,15,17H2,1-3H3,(H2,31,38)(H,33,37);4-11,13-14,16,18-19,27,36H,12,15,17H2,1-3H3,(H2,31,38)(H,33,37)/t26-;27-/m00/s1. The van der Waals surface area contributed by atoms with E-state index in [0.717, 1.165) is 56.4 Å². The van der Waals surface area contributed by atoms with Crippen molar-refractivity contribution in [1.82, 2.24) is 40.2 Å². The van der Waals surface area contributed by atoms with Crippen LogP contribution in [0.1, 0.15) is 88.0 Å². The fraction of sp³-hybridized carbons (Fsp3) is 0.267. The van der Waals surface area contributed by atoms with Crippen LogP contribution in [0.15, 0.2) is 158 Å². The molecule has 0 fully saturated rings. The lowest BCUT2D eigenvalue weighted by Crippen LogP contribution is -2.45. The van der Waals surface area contributed by atoms with Gasteiger partial charge in [-0.1, -0.05) is 90.1 Å². The zero-order valence-corrected chi connectivity index (χ0v) is 43.8. The summed E-state index contributed by atoms with van der Waals surface area (Å²) in [6.45, 7) is 13.0. The summed E-state index contributed by atoms with van der Waals surface area (Å²) in [5, 5.41) is 34.1. The number of amides is 4. The van der Waals surface area contributed by atoms with E-state index < -0.39 is 23.9 Å². The minimum atomic E-state index is -0.854. The molecule has 0 aliphatic carbocycles. The number of rotatable bonds is 18. The fourth-order valence-corrected chi connectivity index (χ4v) is 8.35. The molecule has 8 aromatic rings. The Balaban J connectivity index is 0.000000221. The number of pyridine rings is 2. The van der Waals surface area contributed by atoms with E-state index in [1.54, 1.807) is 49.1 Å². The van der Waals surface area contributed by atoms with E-state index in [-0.39, 0.29) is 59.8 Å². The highest BCUT2D eigenvalue weighted by molar-refractivity contribution is 5.87. The van der Waals surface area contributed by atoms with Crippen LogP contribution >= 0.6 is 0 Å². The van der Waals surface area contributed by atoms with Gasteiger partial charge in [-0.05, 0) is 124 Å². The Labute approximate surface area is 443 Å². The van der Waals surface area contributed by atoms with Gasteiger partial charge >= 0.3 is 0 Å². The van der Waals surface area contributed by atoms with Crippen LogP contribution in [-0.2, 0) is 55.7 Å². The van der Waals surface area contributed by atoms with Crippen LogP contribution in [0, 0.1) is 0 Å². The fourth-order valence-electron chi connectivity index (χ4n) is 8.35. The highest BCUT2D eigenvalue weighted by atomic mass is 16.3. The highest BCUT2D eigenvalue weighted by Gasteiger charge is 2.23. The summed E-state index contributed by atoms with van der Waals surface area (Å²) in [4.78, 5) is 58.0. The van der Waals surface area contributed by atoms with Crippen molar-refractivity contribution in [3.63, 3.8) is 0 Å². The summed E-state index contributed by atoms with van der Waals surface area (Å²) >= 11 is 0. The van der Waals surface area contributed by atoms with Crippen molar-refractivity contribution >= 4 is 23.6 Å². The van der Waals surface area contributed by atoms with Crippen LogP contribution in [0.2, 0.25) is 0 Å². The molecule has 16 heteroatoms. The van der Waals surface area contributed by atoms with Crippen molar-refractivity contribution in [2.75, 3.05) is 0 Å². The predicted octanol–water partition coefficient (Wildman–Crippen LogP) is 8.17. The molecular weight excluding hydrogens is 957 g/mol. The molecule has 16 nitrogen and oxygen atoms in total. The molecule has 0 spiro atoms. The first-order valence-corrected chi connectivity index (χ1v) is 25.1. The second-order valence-corrected chi connectivity index (χ2v) is 20.7. The lowest BCUT2D eigenvalue weighted by atomic mass is 9.87. The molecule has 2 atom stereocenters. The number of carbonyl (C=O) groups is 4. The van der Waals surface area contributed by atoms with Crippen molar-refractivity contribution in [1.29, 1.82) is 0 Å². The van der Waals surface area contributed by atoms with Crippen molar-refractivity contribution in [3.05, 3.63) is 192 Å². The van der Waals surface area contributed by atoms with Gasteiger partial charge in [-0.15, -0.1) is 0 Å². The Hall–Kier alpha value is -8.92. The lowest BCUT2D eigenvalue weighted by molar-refractivity contribution is -0.127. The number of nitrogens with two attached hydrogens (primary N) is 2. The summed E-state index contributed by atoms with van der Waals surface area (Å²) in [5.74, 6) is -1.55. The van der Waals surface area contributed by atoms with E-state index in [1.807, 2.05) is 70.0 Å². The van der Waals surface area contributed by atoms with Gasteiger partial charge in [0, 0.05) is 73.7 Å². The minimum Gasteiger partial charge on any atom is -0.508 e. The van der Waals surface area contributed by atoms with Crippen LogP contribution < -0.4 is 22.1 Å². The largest absolute Gasteiger partial charge is 0.508 e. The maximum Gasteiger partial charge on any atom is 0.240 e. The van der Waals surface area contributed by atoms with Crippen LogP contribution in [-0.4, -0.2) is 75.5 Å². The van der Waals surface area contributed by atoms with Gasteiger partial charge in [-0.2, -0.15) is 10.2 Å². The second kappa shape index (κ2) is 24.4. The first-order chi connectivity index (χ1) is 36.2. The number of nitrogens with zero attached hydrogens (tertiary/aromatic N) is 6. The summed E-state index contributed by atoms with van der Waals surface area (Å²) in [6.07, 6.45) is 8.55. The van der Waals surface area contributed by atoms with Gasteiger partial charge in [0.2, 0.25) is 23.6 Å². The number of phenolic OH excluding ortho intramolecular Hbond substituents is 2. The van der Waals surface area contributed by atoms with Crippen LogP contribution in [0.25, 0.3) is 33.9 Å². The van der Waals surface area contributed by atoms with E-state index in [2.05, 4.69) is 86.4 Å². The minimum absolute atomic E-state index is 0.0293. The zero-order valence-electron chi connectivity index (χ0n) is 43.8. The molecule has 0 bridgehead atoms. The van der Waals surface area contributed by atoms with Crippen LogP contribution in [0.5, 0.6) is 11.5 Å². The van der Waals surface area contributed by atoms with E-state index in [4.69, 9.17) is 21.7 Å². The molecule has 0 aliphatic rings. The highest BCUT2D eigenvalue weighted by Crippen LogP contribution is 2.29. The Morgan fingerprint density at radius 2 is 1.00 bits per heavy atom. The molecule has 8 rings (SSSR count). The molecule has 0 aliphatic heterocycles. The average molecular weight is 1020 g/mol. The third kappa shape index (κ3) is 15.1. The molecule has 0 saturated heterocycles. The summed E-state index contributed by atoms with van der Waals surface area (Å²) < 4.78 is 3.72. The number of benzene rings is 4. The molecule has 0 radical (unpaired) electrons. The maximum atomic E-state index is 12.9. The van der Waals surface area contributed by atoms with E-state index in [0.29, 0.717) is 12.8 Å². The van der Waals surface area contributed by atoms with E-state index >= 15 is 0 Å². The molecule has 76 heavy (non-hydrogen) atoms. The van der Waals surface area contributed by atoms with Gasteiger partial charge in [-0.25, -0.2) is 9.36 Å². The van der Waals surface area contributed by atoms with Gasteiger partial charge in [0.25, 0.3) is 0 Å². The van der Waals surface area contributed by atoms with Crippen molar-refractivity contribution in [3.8, 4) is 45.4 Å². The maximum absolute atomic E-state index is 12.9. The van der Waals surface area contributed by atoms with E-state index in [1.165, 1.54) is 35.4 Å². The molecule has 0 saturated carbocycles. The molecule has 8 N–H and O–H groups in total.